The van der Waals surface area contributed by atoms with Crippen molar-refractivity contribution in [1.82, 2.24) is 20.4 Å². The molecule has 2 heterocycles. The van der Waals surface area contributed by atoms with Gasteiger partial charge in [-0.3, -0.25) is 9.69 Å². The molecule has 1 amide bonds. The largest absolute Gasteiger partial charge is 0.465 e. The van der Waals surface area contributed by atoms with Gasteiger partial charge in [-0.2, -0.15) is 0 Å². The lowest BCUT2D eigenvalue weighted by Gasteiger charge is -2.26. The van der Waals surface area contributed by atoms with E-state index in [1.165, 1.54) is 12.8 Å². The first-order valence-corrected chi connectivity index (χ1v) is 9.04. The number of aryl methyl sites for hydroxylation is 1. The fraction of sp³-hybridized carbons (Fsp3) is 0.667. The maximum atomic E-state index is 11.8. The molecule has 1 fully saturated rings. The molecule has 1 aliphatic heterocycles. The van der Waals surface area contributed by atoms with Crippen LogP contribution in [0.4, 0.5) is 0 Å². The Balaban J connectivity index is 2.03. The first-order chi connectivity index (χ1) is 12.0. The second-order valence-corrected chi connectivity index (χ2v) is 6.57. The summed E-state index contributed by atoms with van der Waals surface area (Å²) in [5, 5.41) is 6.56. The van der Waals surface area contributed by atoms with E-state index >= 15 is 0 Å². The second kappa shape index (κ2) is 9.46. The molecule has 1 aliphatic rings. The van der Waals surface area contributed by atoms with E-state index in [1.54, 1.807) is 19.0 Å². The third-order valence-electron chi connectivity index (χ3n) is 4.35. The van der Waals surface area contributed by atoms with Gasteiger partial charge in [-0.25, -0.2) is 4.99 Å². The van der Waals surface area contributed by atoms with Crippen LogP contribution in [0.15, 0.2) is 21.5 Å². The Labute approximate surface area is 150 Å². The van der Waals surface area contributed by atoms with E-state index in [9.17, 15) is 4.79 Å². The molecule has 1 saturated heterocycles. The average Bonchev–Trinajstić information content (AvgIpc) is 3.24. The van der Waals surface area contributed by atoms with Crippen molar-refractivity contribution in [2.75, 3.05) is 46.8 Å². The summed E-state index contributed by atoms with van der Waals surface area (Å²) in [7, 11) is 3.47. The number of carbonyl (C=O) groups is 1. The van der Waals surface area contributed by atoms with Crippen LogP contribution in [0.2, 0.25) is 0 Å². The molecule has 25 heavy (non-hydrogen) atoms. The van der Waals surface area contributed by atoms with Crippen molar-refractivity contribution >= 4 is 11.9 Å². The Bertz CT molecular complexity index is 576. The number of likely N-dealkylation sites (N-methyl/N-ethyl adjacent to an activating group) is 1. The number of rotatable bonds is 7. The Kier molecular flexibility index (Phi) is 7.31. The number of nitrogens with one attached hydrogen (secondary N) is 2. The van der Waals surface area contributed by atoms with Gasteiger partial charge in [-0.05, 0) is 51.9 Å². The van der Waals surface area contributed by atoms with Crippen molar-refractivity contribution in [3.05, 3.63) is 23.7 Å². The molecular weight excluding hydrogens is 318 g/mol. The van der Waals surface area contributed by atoms with Crippen molar-refractivity contribution in [3.63, 3.8) is 0 Å². The van der Waals surface area contributed by atoms with E-state index in [2.05, 4.69) is 26.6 Å². The molecular formula is C18H31N5O2. The summed E-state index contributed by atoms with van der Waals surface area (Å²) in [5.41, 5.74) is 0. The van der Waals surface area contributed by atoms with Gasteiger partial charge in [0.1, 0.15) is 18.1 Å². The highest BCUT2D eigenvalue weighted by molar-refractivity contribution is 5.84. The monoisotopic (exact) mass is 349 g/mol. The topological polar surface area (TPSA) is 73.1 Å². The maximum absolute atomic E-state index is 11.8. The summed E-state index contributed by atoms with van der Waals surface area (Å²) in [6.45, 7) is 7.72. The molecule has 0 saturated carbocycles. The van der Waals surface area contributed by atoms with Crippen LogP contribution in [0, 0.1) is 6.92 Å². The molecule has 7 nitrogen and oxygen atoms in total. The summed E-state index contributed by atoms with van der Waals surface area (Å²) in [4.78, 5) is 20.1. The molecule has 2 N–H and O–H groups in total. The highest BCUT2D eigenvalue weighted by Gasteiger charge is 2.26. The minimum Gasteiger partial charge on any atom is -0.465 e. The molecule has 0 radical (unpaired) electrons. The van der Waals surface area contributed by atoms with Crippen molar-refractivity contribution in [1.29, 1.82) is 0 Å². The highest BCUT2D eigenvalue weighted by atomic mass is 16.3. The van der Waals surface area contributed by atoms with Crippen LogP contribution in [0.1, 0.15) is 37.3 Å². The molecule has 1 unspecified atom stereocenters. The molecule has 2 rings (SSSR count). The van der Waals surface area contributed by atoms with Crippen LogP contribution in [0.3, 0.4) is 0 Å². The van der Waals surface area contributed by atoms with Gasteiger partial charge in [-0.1, -0.05) is 0 Å². The number of furan rings is 1. The third kappa shape index (κ3) is 5.77. The Hall–Kier alpha value is -2.02. The Morgan fingerprint density at radius 2 is 2.04 bits per heavy atom. The van der Waals surface area contributed by atoms with Crippen LogP contribution in [0.5, 0.6) is 0 Å². The number of carbonyl (C=O) groups excluding carboxylic acids is 1. The lowest BCUT2D eigenvalue weighted by molar-refractivity contribution is -0.127. The first-order valence-electron chi connectivity index (χ1n) is 9.04. The first kappa shape index (κ1) is 19.3. The van der Waals surface area contributed by atoms with Gasteiger partial charge < -0.3 is 20.0 Å². The summed E-state index contributed by atoms with van der Waals surface area (Å²) < 4.78 is 5.88. The number of nitrogens with zero attached hydrogens (tertiary/aromatic N) is 3. The molecule has 7 heteroatoms. The lowest BCUT2D eigenvalue weighted by atomic mass is 10.2. The molecule has 1 aromatic rings. The predicted molar refractivity (Wildman–Crippen MR) is 99.7 cm³/mol. The van der Waals surface area contributed by atoms with Gasteiger partial charge in [0.15, 0.2) is 5.96 Å². The summed E-state index contributed by atoms with van der Waals surface area (Å²) in [6.07, 6.45) is 2.45. The standard InChI is InChI=1S/C18H31N5O2/c1-5-19-18(21-13-17(24)22(3)4)20-12-15(23-10-6-7-11-23)16-9-8-14(2)25-16/h8-9,15H,5-7,10-13H2,1-4H3,(H2,19,20,21). The number of guanidine groups is 1. The van der Waals surface area contributed by atoms with Crippen molar-refractivity contribution in [2.45, 2.75) is 32.7 Å². The van der Waals surface area contributed by atoms with E-state index in [0.29, 0.717) is 12.5 Å². The van der Waals surface area contributed by atoms with Gasteiger partial charge in [0.25, 0.3) is 0 Å². The van der Waals surface area contributed by atoms with E-state index in [1.807, 2.05) is 19.9 Å². The zero-order valence-electron chi connectivity index (χ0n) is 15.8. The Morgan fingerprint density at radius 3 is 2.60 bits per heavy atom. The molecule has 1 aromatic heterocycles. The summed E-state index contributed by atoms with van der Waals surface area (Å²) >= 11 is 0. The zero-order valence-corrected chi connectivity index (χ0v) is 15.8. The number of hydrogen-bond acceptors (Lipinski definition) is 4. The predicted octanol–water partition coefficient (Wildman–Crippen LogP) is 1.37. The molecule has 0 spiro atoms. The van der Waals surface area contributed by atoms with Gasteiger partial charge in [0, 0.05) is 27.2 Å². The fourth-order valence-corrected chi connectivity index (χ4v) is 2.92. The highest BCUT2D eigenvalue weighted by Crippen LogP contribution is 2.26. The summed E-state index contributed by atoms with van der Waals surface area (Å²) in [5.74, 6) is 2.54. The van der Waals surface area contributed by atoms with Crippen LogP contribution < -0.4 is 10.6 Å². The average molecular weight is 349 g/mol. The van der Waals surface area contributed by atoms with Crippen molar-refractivity contribution in [3.8, 4) is 0 Å². The molecule has 0 aliphatic carbocycles. The van der Waals surface area contributed by atoms with Crippen LogP contribution in [-0.2, 0) is 4.79 Å². The van der Waals surface area contributed by atoms with Crippen LogP contribution >= 0.6 is 0 Å². The van der Waals surface area contributed by atoms with E-state index in [-0.39, 0.29) is 18.5 Å². The molecule has 0 aromatic carbocycles. The van der Waals surface area contributed by atoms with Gasteiger partial charge >= 0.3 is 0 Å². The fourth-order valence-electron chi connectivity index (χ4n) is 2.92. The van der Waals surface area contributed by atoms with Gasteiger partial charge in [0.05, 0.1) is 6.04 Å². The molecule has 140 valence electrons. The van der Waals surface area contributed by atoms with Gasteiger partial charge in [-0.15, -0.1) is 0 Å². The SMILES string of the molecule is CCNC(=NCC(=O)N(C)C)NCC(c1ccc(C)o1)N1CCCC1. The number of likely N-dealkylation sites (tertiary alicyclic amines) is 1. The Morgan fingerprint density at radius 1 is 1.32 bits per heavy atom. The van der Waals surface area contributed by atoms with Crippen LogP contribution in [-0.4, -0.2) is 68.5 Å². The van der Waals surface area contributed by atoms with E-state index in [0.717, 1.165) is 31.2 Å². The third-order valence-corrected chi connectivity index (χ3v) is 4.35. The minimum atomic E-state index is -0.0186. The van der Waals surface area contributed by atoms with Gasteiger partial charge in [0.2, 0.25) is 5.91 Å². The number of hydrogen-bond donors (Lipinski definition) is 2. The normalized spacial score (nSPS) is 16.7. The lowest BCUT2D eigenvalue weighted by Crippen LogP contribution is -2.43. The van der Waals surface area contributed by atoms with Crippen molar-refractivity contribution < 1.29 is 9.21 Å². The minimum absolute atomic E-state index is 0.0186. The quantitative estimate of drug-likeness (QED) is 0.574. The van der Waals surface area contributed by atoms with E-state index < -0.39 is 0 Å². The van der Waals surface area contributed by atoms with E-state index in [4.69, 9.17) is 4.42 Å². The number of aliphatic imine (C=N–C) groups is 1. The van der Waals surface area contributed by atoms with Crippen molar-refractivity contribution in [2.24, 2.45) is 4.99 Å². The molecule has 0 bridgehead atoms. The summed E-state index contributed by atoms with van der Waals surface area (Å²) in [6, 6.07) is 4.23. The smallest absolute Gasteiger partial charge is 0.243 e. The van der Waals surface area contributed by atoms with Crippen LogP contribution in [0.25, 0.3) is 0 Å². The number of amides is 1. The second-order valence-electron chi connectivity index (χ2n) is 6.57. The maximum Gasteiger partial charge on any atom is 0.243 e. The molecule has 1 atom stereocenters. The zero-order chi connectivity index (χ0) is 18.2.